The van der Waals surface area contributed by atoms with E-state index in [1.54, 1.807) is 0 Å². The lowest BCUT2D eigenvalue weighted by Gasteiger charge is -2.28. The van der Waals surface area contributed by atoms with Crippen LogP contribution in [0.15, 0.2) is 36.4 Å². The molecule has 0 aliphatic rings. The fourth-order valence-electron chi connectivity index (χ4n) is 2.26. The zero-order chi connectivity index (χ0) is 19.6. The van der Waals surface area contributed by atoms with Gasteiger partial charge in [-0.3, -0.25) is 9.10 Å². The van der Waals surface area contributed by atoms with Crippen LogP contribution in [-0.2, 0) is 14.8 Å². The van der Waals surface area contributed by atoms with Gasteiger partial charge in [0.05, 0.1) is 27.7 Å². The van der Waals surface area contributed by atoms with Crippen molar-refractivity contribution in [3.8, 4) is 0 Å². The average molecular weight is 423 g/mol. The molecule has 26 heavy (non-hydrogen) atoms. The van der Waals surface area contributed by atoms with Gasteiger partial charge in [-0.2, -0.15) is 0 Å². The molecule has 0 aliphatic carbocycles. The second kappa shape index (κ2) is 7.77. The van der Waals surface area contributed by atoms with E-state index in [9.17, 15) is 22.0 Å². The third-order valence-electron chi connectivity index (χ3n) is 3.44. The topological polar surface area (TPSA) is 66.5 Å². The Hall–Kier alpha value is -1.90. The largest absolute Gasteiger partial charge is 0.322 e. The number of hydrogen-bond acceptors (Lipinski definition) is 3. The van der Waals surface area contributed by atoms with Crippen LogP contribution in [0.5, 0.6) is 0 Å². The third kappa shape index (κ3) is 4.63. The Kier molecular flexibility index (Phi) is 6.10. The quantitative estimate of drug-likeness (QED) is 0.789. The van der Waals surface area contributed by atoms with Crippen LogP contribution in [0.25, 0.3) is 0 Å². The molecule has 1 amide bonds. The molecular formula is C16H14Cl2F2N2O3S. The Morgan fingerprint density at radius 3 is 2.31 bits per heavy atom. The van der Waals surface area contributed by atoms with Crippen molar-refractivity contribution in [3.05, 3.63) is 58.1 Å². The molecule has 0 heterocycles. The predicted molar refractivity (Wildman–Crippen MR) is 98.2 cm³/mol. The highest BCUT2D eigenvalue weighted by atomic mass is 35.5. The lowest BCUT2D eigenvalue weighted by molar-refractivity contribution is -0.116. The first-order valence-corrected chi connectivity index (χ1v) is 9.81. The van der Waals surface area contributed by atoms with Crippen LogP contribution in [0.1, 0.15) is 6.92 Å². The van der Waals surface area contributed by atoms with Crippen molar-refractivity contribution in [2.45, 2.75) is 13.0 Å². The van der Waals surface area contributed by atoms with E-state index in [1.807, 2.05) is 0 Å². The highest BCUT2D eigenvalue weighted by molar-refractivity contribution is 7.92. The first-order valence-electron chi connectivity index (χ1n) is 7.21. The number of anilines is 2. The molecule has 140 valence electrons. The molecule has 5 nitrogen and oxygen atoms in total. The molecular weight excluding hydrogens is 409 g/mol. The van der Waals surface area contributed by atoms with E-state index in [0.29, 0.717) is 6.07 Å². The lowest BCUT2D eigenvalue weighted by Crippen LogP contribution is -2.45. The summed E-state index contributed by atoms with van der Waals surface area (Å²) in [5, 5.41) is 2.56. The average Bonchev–Trinajstić information content (AvgIpc) is 2.52. The van der Waals surface area contributed by atoms with Crippen LogP contribution >= 0.6 is 23.2 Å². The molecule has 0 aromatic heterocycles. The van der Waals surface area contributed by atoms with Gasteiger partial charge in [0, 0.05) is 6.07 Å². The van der Waals surface area contributed by atoms with E-state index >= 15 is 0 Å². The van der Waals surface area contributed by atoms with Crippen molar-refractivity contribution in [1.82, 2.24) is 0 Å². The van der Waals surface area contributed by atoms with E-state index in [4.69, 9.17) is 23.2 Å². The minimum absolute atomic E-state index is 0.106. The zero-order valence-electron chi connectivity index (χ0n) is 13.6. The van der Waals surface area contributed by atoms with Gasteiger partial charge in [0.2, 0.25) is 15.9 Å². The Balaban J connectivity index is 2.35. The monoisotopic (exact) mass is 422 g/mol. The number of sulfonamides is 1. The van der Waals surface area contributed by atoms with E-state index in [-0.39, 0.29) is 21.4 Å². The summed E-state index contributed by atoms with van der Waals surface area (Å²) in [6.45, 7) is 1.32. The zero-order valence-corrected chi connectivity index (χ0v) is 16.0. The van der Waals surface area contributed by atoms with E-state index in [0.717, 1.165) is 22.7 Å². The molecule has 0 bridgehead atoms. The SMILES string of the molecule is C[C@@H](C(=O)Nc1ccc(F)cc1F)N(c1ccc(Cl)c(Cl)c1)S(C)(=O)=O. The normalized spacial score (nSPS) is 12.5. The van der Waals surface area contributed by atoms with Crippen LogP contribution in [0.3, 0.4) is 0 Å². The summed E-state index contributed by atoms with van der Waals surface area (Å²) in [7, 11) is -3.88. The van der Waals surface area contributed by atoms with Crippen molar-refractivity contribution in [2.24, 2.45) is 0 Å². The highest BCUT2D eigenvalue weighted by Crippen LogP contribution is 2.30. The molecule has 2 rings (SSSR count). The van der Waals surface area contributed by atoms with Gasteiger partial charge in [-0.1, -0.05) is 23.2 Å². The van der Waals surface area contributed by atoms with Crippen LogP contribution < -0.4 is 9.62 Å². The fraction of sp³-hybridized carbons (Fsp3) is 0.188. The van der Waals surface area contributed by atoms with Gasteiger partial charge in [-0.15, -0.1) is 0 Å². The third-order valence-corrected chi connectivity index (χ3v) is 5.42. The van der Waals surface area contributed by atoms with Gasteiger partial charge < -0.3 is 5.32 Å². The number of hydrogen-bond donors (Lipinski definition) is 1. The molecule has 2 aromatic rings. The minimum Gasteiger partial charge on any atom is -0.322 e. The van der Waals surface area contributed by atoms with Crippen molar-refractivity contribution in [3.63, 3.8) is 0 Å². The molecule has 0 aliphatic heterocycles. The van der Waals surface area contributed by atoms with E-state index in [2.05, 4.69) is 5.32 Å². The van der Waals surface area contributed by atoms with Gasteiger partial charge in [-0.25, -0.2) is 17.2 Å². The molecule has 0 unspecified atom stereocenters. The first kappa shape index (κ1) is 20.4. The number of rotatable bonds is 5. The fourth-order valence-corrected chi connectivity index (χ4v) is 3.72. The summed E-state index contributed by atoms with van der Waals surface area (Å²) in [5.74, 6) is -2.60. The number of amides is 1. The predicted octanol–water partition coefficient (Wildman–Crippen LogP) is 4.06. The van der Waals surface area contributed by atoms with E-state index < -0.39 is 33.6 Å². The number of benzene rings is 2. The summed E-state index contributed by atoms with van der Waals surface area (Å²) in [6, 6.07) is 5.45. The summed E-state index contributed by atoms with van der Waals surface area (Å²) in [4.78, 5) is 12.4. The molecule has 1 atom stereocenters. The summed E-state index contributed by atoms with van der Waals surface area (Å²) >= 11 is 11.7. The molecule has 0 saturated carbocycles. The number of nitrogens with zero attached hydrogens (tertiary/aromatic N) is 1. The minimum atomic E-state index is -3.88. The Morgan fingerprint density at radius 1 is 1.12 bits per heavy atom. The van der Waals surface area contributed by atoms with Crippen molar-refractivity contribution < 1.29 is 22.0 Å². The molecule has 0 radical (unpaired) electrons. The smallest absolute Gasteiger partial charge is 0.248 e. The van der Waals surface area contributed by atoms with Crippen LogP contribution in [-0.4, -0.2) is 26.6 Å². The standard InChI is InChI=1S/C16H14Cl2F2N2O3S/c1-9(16(23)21-15-6-3-10(19)7-14(15)20)22(26(2,24)25)11-4-5-12(17)13(18)8-11/h3-9H,1-2H3,(H,21,23)/t9-/m0/s1. The van der Waals surface area contributed by atoms with Gasteiger partial charge in [0.1, 0.15) is 17.7 Å². The van der Waals surface area contributed by atoms with Crippen molar-refractivity contribution >= 4 is 50.5 Å². The molecule has 0 fully saturated rings. The summed E-state index contributed by atoms with van der Waals surface area (Å²) in [6.07, 6.45) is 0.914. The van der Waals surface area contributed by atoms with Crippen LogP contribution in [0.4, 0.5) is 20.2 Å². The summed E-state index contributed by atoms with van der Waals surface area (Å²) < 4.78 is 51.9. The van der Waals surface area contributed by atoms with Gasteiger partial charge in [0.15, 0.2) is 0 Å². The van der Waals surface area contributed by atoms with Crippen molar-refractivity contribution in [2.75, 3.05) is 15.9 Å². The number of carbonyl (C=O) groups is 1. The molecule has 0 saturated heterocycles. The van der Waals surface area contributed by atoms with Gasteiger partial charge >= 0.3 is 0 Å². The first-order chi connectivity index (χ1) is 12.0. The lowest BCUT2D eigenvalue weighted by atomic mass is 10.2. The Morgan fingerprint density at radius 2 is 1.77 bits per heavy atom. The Bertz CT molecular complexity index is 955. The highest BCUT2D eigenvalue weighted by Gasteiger charge is 2.30. The number of carbonyl (C=O) groups excluding carboxylic acids is 1. The van der Waals surface area contributed by atoms with Gasteiger partial charge in [-0.05, 0) is 37.3 Å². The van der Waals surface area contributed by atoms with Crippen molar-refractivity contribution in [1.29, 1.82) is 0 Å². The maximum absolute atomic E-state index is 13.7. The maximum Gasteiger partial charge on any atom is 0.248 e. The second-order valence-electron chi connectivity index (χ2n) is 5.45. The number of halogens is 4. The molecule has 1 N–H and O–H groups in total. The van der Waals surface area contributed by atoms with Crippen LogP contribution in [0.2, 0.25) is 10.0 Å². The van der Waals surface area contributed by atoms with E-state index in [1.165, 1.54) is 25.1 Å². The number of nitrogens with one attached hydrogen (secondary N) is 1. The van der Waals surface area contributed by atoms with Crippen LogP contribution in [0, 0.1) is 11.6 Å². The second-order valence-corrected chi connectivity index (χ2v) is 8.12. The Labute approximate surface area is 159 Å². The maximum atomic E-state index is 13.7. The molecule has 10 heteroatoms. The molecule has 0 spiro atoms. The van der Waals surface area contributed by atoms with Gasteiger partial charge in [0.25, 0.3) is 0 Å². The molecule has 2 aromatic carbocycles. The summed E-state index contributed by atoms with van der Waals surface area (Å²) in [5.41, 5.74) is -0.157.